The standard InChI is InChI=1S/C17H25NO2/c1-15(2)8-5-9-17(15,19)16(11-18)10-13-6-3-4-7-14(13)20-12-16/h3-4,6-7,19H,5,8-12,18H2,1-2H3. The molecule has 0 bridgehead atoms. The molecule has 1 aliphatic heterocycles. The van der Waals surface area contributed by atoms with E-state index in [4.69, 9.17) is 10.5 Å². The molecule has 2 atom stereocenters. The fourth-order valence-electron chi connectivity index (χ4n) is 4.30. The van der Waals surface area contributed by atoms with Crippen LogP contribution < -0.4 is 10.5 Å². The van der Waals surface area contributed by atoms with E-state index in [9.17, 15) is 5.11 Å². The highest BCUT2D eigenvalue weighted by Crippen LogP contribution is 2.57. The Morgan fingerprint density at radius 2 is 2.00 bits per heavy atom. The minimum atomic E-state index is -0.748. The van der Waals surface area contributed by atoms with Crippen molar-refractivity contribution in [3.8, 4) is 5.75 Å². The molecule has 110 valence electrons. The summed E-state index contributed by atoms with van der Waals surface area (Å²) in [5.41, 5.74) is 6.08. The van der Waals surface area contributed by atoms with E-state index in [-0.39, 0.29) is 10.8 Å². The van der Waals surface area contributed by atoms with Crippen LogP contribution >= 0.6 is 0 Å². The van der Waals surface area contributed by atoms with E-state index in [0.717, 1.165) is 31.4 Å². The van der Waals surface area contributed by atoms with E-state index >= 15 is 0 Å². The van der Waals surface area contributed by atoms with Crippen molar-refractivity contribution in [2.45, 2.75) is 45.1 Å². The lowest BCUT2D eigenvalue weighted by Gasteiger charge is -2.53. The minimum absolute atomic E-state index is 0.109. The summed E-state index contributed by atoms with van der Waals surface area (Å²) in [5, 5.41) is 11.5. The normalized spacial score (nSPS) is 35.4. The first kappa shape index (κ1) is 13.9. The van der Waals surface area contributed by atoms with Gasteiger partial charge in [-0.3, -0.25) is 0 Å². The van der Waals surface area contributed by atoms with Gasteiger partial charge in [-0.25, -0.2) is 0 Å². The number of rotatable bonds is 2. The summed E-state index contributed by atoms with van der Waals surface area (Å²) in [6.07, 6.45) is 3.74. The van der Waals surface area contributed by atoms with E-state index in [2.05, 4.69) is 19.9 Å². The summed E-state index contributed by atoms with van der Waals surface area (Å²) in [6.45, 7) is 5.30. The zero-order chi connectivity index (χ0) is 14.4. The van der Waals surface area contributed by atoms with Crippen molar-refractivity contribution < 1.29 is 9.84 Å². The molecule has 0 radical (unpaired) electrons. The van der Waals surface area contributed by atoms with Gasteiger partial charge in [0, 0.05) is 6.54 Å². The Morgan fingerprint density at radius 1 is 1.25 bits per heavy atom. The second-order valence-electron chi connectivity index (χ2n) is 7.16. The van der Waals surface area contributed by atoms with Gasteiger partial charge in [0.15, 0.2) is 0 Å². The third-order valence-electron chi connectivity index (χ3n) is 5.73. The molecule has 1 aromatic carbocycles. The van der Waals surface area contributed by atoms with Gasteiger partial charge in [0.05, 0.1) is 17.6 Å². The van der Waals surface area contributed by atoms with Crippen molar-refractivity contribution in [2.24, 2.45) is 16.6 Å². The number of fused-ring (bicyclic) bond motifs is 1. The average Bonchev–Trinajstić information content (AvgIpc) is 2.73. The lowest BCUT2D eigenvalue weighted by molar-refractivity contribution is -0.159. The summed E-state index contributed by atoms with van der Waals surface area (Å²) in [7, 11) is 0. The Labute approximate surface area is 121 Å². The van der Waals surface area contributed by atoms with Gasteiger partial charge in [-0.05, 0) is 42.7 Å². The summed E-state index contributed by atoms with van der Waals surface area (Å²) >= 11 is 0. The molecule has 1 heterocycles. The molecule has 1 saturated carbocycles. The number of para-hydroxylation sites is 1. The first-order valence-electron chi connectivity index (χ1n) is 7.57. The van der Waals surface area contributed by atoms with E-state index in [1.807, 2.05) is 18.2 Å². The lowest BCUT2D eigenvalue weighted by atomic mass is 9.58. The van der Waals surface area contributed by atoms with E-state index in [1.54, 1.807) is 0 Å². The largest absolute Gasteiger partial charge is 0.493 e. The fourth-order valence-corrected chi connectivity index (χ4v) is 4.30. The quantitative estimate of drug-likeness (QED) is 0.872. The Bertz CT molecular complexity index is 513. The highest BCUT2D eigenvalue weighted by molar-refractivity contribution is 5.37. The molecule has 1 fully saturated rings. The minimum Gasteiger partial charge on any atom is -0.493 e. The van der Waals surface area contributed by atoms with Crippen molar-refractivity contribution in [3.05, 3.63) is 29.8 Å². The number of hydrogen-bond acceptors (Lipinski definition) is 3. The first-order valence-corrected chi connectivity index (χ1v) is 7.57. The van der Waals surface area contributed by atoms with Gasteiger partial charge in [-0.15, -0.1) is 0 Å². The van der Waals surface area contributed by atoms with Crippen LogP contribution in [0.5, 0.6) is 5.75 Å². The molecule has 0 aromatic heterocycles. The number of ether oxygens (including phenoxy) is 1. The molecule has 3 rings (SSSR count). The molecule has 1 aromatic rings. The molecule has 3 nitrogen and oxygen atoms in total. The number of aliphatic hydroxyl groups is 1. The van der Waals surface area contributed by atoms with Crippen LogP contribution in [0.25, 0.3) is 0 Å². The highest BCUT2D eigenvalue weighted by Gasteiger charge is 2.61. The predicted octanol–water partition coefficient (Wildman–Crippen LogP) is 2.51. The van der Waals surface area contributed by atoms with Crippen molar-refractivity contribution >= 4 is 0 Å². The zero-order valence-electron chi connectivity index (χ0n) is 12.5. The maximum atomic E-state index is 11.5. The summed E-state index contributed by atoms with van der Waals surface area (Å²) in [6, 6.07) is 8.10. The summed E-state index contributed by atoms with van der Waals surface area (Å²) < 4.78 is 5.96. The Hall–Kier alpha value is -1.06. The van der Waals surface area contributed by atoms with Crippen LogP contribution in [0, 0.1) is 10.8 Å². The molecule has 0 amide bonds. The van der Waals surface area contributed by atoms with Gasteiger partial charge in [-0.2, -0.15) is 0 Å². The van der Waals surface area contributed by atoms with Crippen molar-refractivity contribution in [1.29, 1.82) is 0 Å². The Balaban J connectivity index is 2.02. The zero-order valence-corrected chi connectivity index (χ0v) is 12.5. The lowest BCUT2D eigenvalue weighted by Crippen LogP contribution is -2.62. The topological polar surface area (TPSA) is 55.5 Å². The van der Waals surface area contributed by atoms with Crippen LogP contribution in [-0.2, 0) is 6.42 Å². The van der Waals surface area contributed by atoms with Gasteiger partial charge in [-0.1, -0.05) is 32.0 Å². The van der Waals surface area contributed by atoms with Crippen LogP contribution in [0.4, 0.5) is 0 Å². The number of hydrogen-bond donors (Lipinski definition) is 2. The molecule has 1 aliphatic carbocycles. The van der Waals surface area contributed by atoms with Crippen molar-refractivity contribution in [1.82, 2.24) is 0 Å². The number of benzene rings is 1. The van der Waals surface area contributed by atoms with Crippen molar-refractivity contribution in [2.75, 3.05) is 13.2 Å². The van der Waals surface area contributed by atoms with Gasteiger partial charge >= 0.3 is 0 Å². The van der Waals surface area contributed by atoms with Gasteiger partial charge < -0.3 is 15.6 Å². The Morgan fingerprint density at radius 3 is 2.65 bits per heavy atom. The van der Waals surface area contributed by atoms with Gasteiger partial charge in [0.1, 0.15) is 5.75 Å². The maximum absolute atomic E-state index is 11.5. The molecule has 20 heavy (non-hydrogen) atoms. The molecule has 2 aliphatic rings. The Kier molecular flexibility index (Phi) is 3.11. The third-order valence-corrected chi connectivity index (χ3v) is 5.73. The molecule has 3 heteroatoms. The van der Waals surface area contributed by atoms with Crippen LogP contribution in [0.15, 0.2) is 24.3 Å². The molecule has 0 saturated heterocycles. The van der Waals surface area contributed by atoms with Crippen LogP contribution in [0.1, 0.15) is 38.7 Å². The number of nitrogens with two attached hydrogens (primary N) is 1. The monoisotopic (exact) mass is 275 g/mol. The van der Waals surface area contributed by atoms with E-state index in [0.29, 0.717) is 13.2 Å². The predicted molar refractivity (Wildman–Crippen MR) is 79.7 cm³/mol. The molecular formula is C17H25NO2. The fraction of sp³-hybridized carbons (Fsp3) is 0.647. The molecular weight excluding hydrogens is 250 g/mol. The first-order chi connectivity index (χ1) is 9.44. The van der Waals surface area contributed by atoms with E-state index < -0.39 is 5.60 Å². The van der Waals surface area contributed by atoms with Crippen molar-refractivity contribution in [3.63, 3.8) is 0 Å². The second kappa shape index (κ2) is 4.47. The summed E-state index contributed by atoms with van der Waals surface area (Å²) in [5.74, 6) is 0.941. The third kappa shape index (κ3) is 1.73. The molecule has 3 N–H and O–H groups in total. The van der Waals surface area contributed by atoms with Gasteiger partial charge in [0.2, 0.25) is 0 Å². The highest BCUT2D eigenvalue weighted by atomic mass is 16.5. The smallest absolute Gasteiger partial charge is 0.122 e. The van der Waals surface area contributed by atoms with Crippen LogP contribution in [-0.4, -0.2) is 23.9 Å². The van der Waals surface area contributed by atoms with Gasteiger partial charge in [0.25, 0.3) is 0 Å². The summed E-state index contributed by atoms with van der Waals surface area (Å²) in [4.78, 5) is 0. The molecule has 0 spiro atoms. The van der Waals surface area contributed by atoms with E-state index in [1.165, 1.54) is 5.56 Å². The second-order valence-corrected chi connectivity index (χ2v) is 7.16. The SMILES string of the molecule is CC1(C)CCCC1(O)C1(CN)COc2ccccc2C1. The maximum Gasteiger partial charge on any atom is 0.122 e. The average molecular weight is 275 g/mol. The molecule has 2 unspecified atom stereocenters. The van der Waals surface area contributed by atoms with Crippen LogP contribution in [0.3, 0.4) is 0 Å². The van der Waals surface area contributed by atoms with Crippen LogP contribution in [0.2, 0.25) is 0 Å².